The van der Waals surface area contributed by atoms with Gasteiger partial charge in [-0.1, -0.05) is 84.4 Å². The summed E-state index contributed by atoms with van der Waals surface area (Å²) in [7, 11) is 0. The first kappa shape index (κ1) is 15.3. The molecule has 0 saturated carbocycles. The summed E-state index contributed by atoms with van der Waals surface area (Å²) in [4.78, 5) is 0. The highest BCUT2D eigenvalue weighted by Crippen LogP contribution is 2.30. The van der Waals surface area contributed by atoms with Gasteiger partial charge in [0.25, 0.3) is 0 Å². The lowest BCUT2D eigenvalue weighted by Gasteiger charge is -2.10. The Morgan fingerprint density at radius 3 is 2.20 bits per heavy atom. The fourth-order valence-corrected chi connectivity index (χ4v) is 2.92. The first-order valence-electron chi connectivity index (χ1n) is 8.28. The third-order valence-electron chi connectivity index (χ3n) is 4.24. The lowest BCUT2D eigenvalue weighted by Crippen LogP contribution is -2.04. The van der Waals surface area contributed by atoms with E-state index in [1.807, 2.05) is 35.0 Å². The lowest BCUT2D eigenvalue weighted by molar-refractivity contribution is 0.653. The van der Waals surface area contributed by atoms with Gasteiger partial charge in [-0.3, -0.25) is 0 Å². The Bertz CT molecular complexity index is 972. The molecule has 0 atom stereocenters. The largest absolute Gasteiger partial charge is 0.221 e. The molecule has 25 heavy (non-hydrogen) atoms. The molecular formula is C21H18N4. The van der Waals surface area contributed by atoms with Crippen molar-refractivity contribution >= 4 is 0 Å². The SMILES string of the molecule is Cc1ccc(-c2ccccc2-c2nnnn2Cc2ccccc2)cc1. The van der Waals surface area contributed by atoms with Crippen molar-refractivity contribution in [3.05, 3.63) is 90.0 Å². The van der Waals surface area contributed by atoms with Crippen LogP contribution in [0.1, 0.15) is 11.1 Å². The molecular weight excluding hydrogens is 308 g/mol. The van der Waals surface area contributed by atoms with Crippen molar-refractivity contribution in [1.82, 2.24) is 20.2 Å². The molecule has 4 nitrogen and oxygen atoms in total. The number of hydrogen-bond donors (Lipinski definition) is 0. The molecule has 4 heteroatoms. The minimum Gasteiger partial charge on any atom is -0.221 e. The fourth-order valence-electron chi connectivity index (χ4n) is 2.92. The smallest absolute Gasteiger partial charge is 0.182 e. The Labute approximate surface area is 146 Å². The molecule has 0 saturated heterocycles. The molecule has 3 aromatic carbocycles. The van der Waals surface area contributed by atoms with Gasteiger partial charge in [0.05, 0.1) is 6.54 Å². The molecule has 0 spiro atoms. The summed E-state index contributed by atoms with van der Waals surface area (Å²) in [5.41, 5.74) is 5.74. The molecule has 0 radical (unpaired) electrons. The standard InChI is InChI=1S/C21H18N4/c1-16-11-13-18(14-12-16)19-9-5-6-10-20(19)21-22-23-24-25(21)15-17-7-3-2-4-8-17/h2-14H,15H2,1H3. The van der Waals surface area contributed by atoms with Gasteiger partial charge in [0.2, 0.25) is 0 Å². The van der Waals surface area contributed by atoms with Crippen LogP contribution in [0.2, 0.25) is 0 Å². The molecule has 4 aromatic rings. The molecule has 0 aliphatic carbocycles. The maximum atomic E-state index is 4.29. The molecule has 0 bridgehead atoms. The molecule has 4 rings (SSSR count). The maximum absolute atomic E-state index is 4.29. The van der Waals surface area contributed by atoms with E-state index in [0.717, 1.165) is 22.5 Å². The number of benzene rings is 3. The van der Waals surface area contributed by atoms with Crippen LogP contribution in [0.4, 0.5) is 0 Å². The van der Waals surface area contributed by atoms with E-state index in [1.54, 1.807) is 0 Å². The average Bonchev–Trinajstić information content (AvgIpc) is 3.11. The first-order valence-corrected chi connectivity index (χ1v) is 8.28. The quantitative estimate of drug-likeness (QED) is 0.559. The number of aryl methyl sites for hydroxylation is 1. The Hall–Kier alpha value is -3.27. The summed E-state index contributed by atoms with van der Waals surface area (Å²) < 4.78 is 1.85. The fraction of sp³-hybridized carbons (Fsp3) is 0.0952. The molecule has 122 valence electrons. The lowest BCUT2D eigenvalue weighted by atomic mass is 9.98. The molecule has 0 fully saturated rings. The van der Waals surface area contributed by atoms with E-state index in [-0.39, 0.29) is 0 Å². The van der Waals surface area contributed by atoms with E-state index >= 15 is 0 Å². The predicted molar refractivity (Wildman–Crippen MR) is 99.0 cm³/mol. The zero-order chi connectivity index (χ0) is 17.1. The van der Waals surface area contributed by atoms with E-state index in [1.165, 1.54) is 11.1 Å². The van der Waals surface area contributed by atoms with Crippen LogP contribution in [0, 0.1) is 6.92 Å². The molecule has 0 aliphatic heterocycles. The third-order valence-corrected chi connectivity index (χ3v) is 4.24. The number of hydrogen-bond acceptors (Lipinski definition) is 3. The summed E-state index contributed by atoms with van der Waals surface area (Å²) >= 11 is 0. The van der Waals surface area contributed by atoms with Gasteiger partial charge in [0.1, 0.15) is 0 Å². The van der Waals surface area contributed by atoms with Crippen molar-refractivity contribution in [3.63, 3.8) is 0 Å². The number of tetrazole rings is 1. The first-order chi connectivity index (χ1) is 12.3. The predicted octanol–water partition coefficient (Wildman–Crippen LogP) is 4.36. The second-order valence-corrected chi connectivity index (χ2v) is 6.06. The Kier molecular flexibility index (Phi) is 4.09. The molecule has 1 heterocycles. The normalized spacial score (nSPS) is 10.8. The number of rotatable bonds is 4. The van der Waals surface area contributed by atoms with Gasteiger partial charge in [-0.25, -0.2) is 4.68 Å². The third kappa shape index (κ3) is 3.19. The summed E-state index contributed by atoms with van der Waals surface area (Å²) in [6, 6.07) is 27.0. The van der Waals surface area contributed by atoms with Gasteiger partial charge < -0.3 is 0 Å². The Balaban J connectivity index is 1.77. The van der Waals surface area contributed by atoms with Crippen LogP contribution >= 0.6 is 0 Å². The Morgan fingerprint density at radius 1 is 0.760 bits per heavy atom. The van der Waals surface area contributed by atoms with E-state index in [4.69, 9.17) is 0 Å². The molecule has 0 N–H and O–H groups in total. The molecule has 1 aromatic heterocycles. The summed E-state index contributed by atoms with van der Waals surface area (Å²) in [5, 5.41) is 12.4. The van der Waals surface area contributed by atoms with Gasteiger partial charge in [-0.05, 0) is 34.0 Å². The van der Waals surface area contributed by atoms with E-state index in [2.05, 4.69) is 71.0 Å². The topological polar surface area (TPSA) is 43.6 Å². The van der Waals surface area contributed by atoms with E-state index < -0.39 is 0 Å². The maximum Gasteiger partial charge on any atom is 0.182 e. The summed E-state index contributed by atoms with van der Waals surface area (Å²) in [5.74, 6) is 0.778. The highest BCUT2D eigenvalue weighted by atomic mass is 15.5. The van der Waals surface area contributed by atoms with Crippen LogP contribution in [0.15, 0.2) is 78.9 Å². The zero-order valence-electron chi connectivity index (χ0n) is 14.0. The second-order valence-electron chi connectivity index (χ2n) is 6.06. The molecule has 0 unspecified atom stereocenters. The molecule has 0 amide bonds. The van der Waals surface area contributed by atoms with Crippen molar-refractivity contribution in [1.29, 1.82) is 0 Å². The van der Waals surface area contributed by atoms with Crippen LogP contribution in [-0.4, -0.2) is 20.2 Å². The highest BCUT2D eigenvalue weighted by Gasteiger charge is 2.14. The van der Waals surface area contributed by atoms with E-state index in [0.29, 0.717) is 6.54 Å². The van der Waals surface area contributed by atoms with Gasteiger partial charge in [0, 0.05) is 5.56 Å². The monoisotopic (exact) mass is 326 g/mol. The van der Waals surface area contributed by atoms with Crippen LogP contribution < -0.4 is 0 Å². The van der Waals surface area contributed by atoms with E-state index in [9.17, 15) is 0 Å². The van der Waals surface area contributed by atoms with Gasteiger partial charge in [-0.15, -0.1) is 5.10 Å². The minimum atomic E-state index is 0.644. The van der Waals surface area contributed by atoms with Crippen LogP contribution in [-0.2, 0) is 6.54 Å². The Morgan fingerprint density at radius 2 is 1.44 bits per heavy atom. The summed E-state index contributed by atoms with van der Waals surface area (Å²) in [6.45, 7) is 2.74. The van der Waals surface area contributed by atoms with Crippen LogP contribution in [0.25, 0.3) is 22.5 Å². The zero-order valence-corrected chi connectivity index (χ0v) is 14.0. The van der Waals surface area contributed by atoms with Crippen molar-refractivity contribution in [2.75, 3.05) is 0 Å². The van der Waals surface area contributed by atoms with Gasteiger partial charge in [-0.2, -0.15) is 0 Å². The van der Waals surface area contributed by atoms with Gasteiger partial charge >= 0.3 is 0 Å². The van der Waals surface area contributed by atoms with Crippen molar-refractivity contribution in [3.8, 4) is 22.5 Å². The highest BCUT2D eigenvalue weighted by molar-refractivity contribution is 5.80. The van der Waals surface area contributed by atoms with Crippen molar-refractivity contribution in [2.45, 2.75) is 13.5 Å². The second kappa shape index (κ2) is 6.69. The summed E-state index contributed by atoms with van der Waals surface area (Å²) in [6.07, 6.45) is 0. The van der Waals surface area contributed by atoms with Gasteiger partial charge in [0.15, 0.2) is 5.82 Å². The van der Waals surface area contributed by atoms with Crippen molar-refractivity contribution < 1.29 is 0 Å². The number of aromatic nitrogens is 4. The molecule has 0 aliphatic rings. The minimum absolute atomic E-state index is 0.644. The number of nitrogens with zero attached hydrogens (tertiary/aromatic N) is 4. The van der Waals surface area contributed by atoms with Crippen LogP contribution in [0.5, 0.6) is 0 Å². The average molecular weight is 326 g/mol. The van der Waals surface area contributed by atoms with Crippen LogP contribution in [0.3, 0.4) is 0 Å². The van der Waals surface area contributed by atoms with Crippen molar-refractivity contribution in [2.24, 2.45) is 0 Å².